The molecule has 5 heteroatoms. The topological polar surface area (TPSA) is 50.8 Å². The highest BCUT2D eigenvalue weighted by atomic mass is 16.5. The number of nitrogens with zero attached hydrogens (tertiary/aromatic N) is 1. The largest absolute Gasteiger partial charge is 0.490 e. The van der Waals surface area contributed by atoms with E-state index in [-0.39, 0.29) is 0 Å². The Morgan fingerprint density at radius 1 is 1.33 bits per heavy atom. The second-order valence-corrected chi connectivity index (χ2v) is 5.83. The third-order valence-electron chi connectivity index (χ3n) is 3.95. The standard InChI is InChI=1S/C19H28N2O3/c1-3-13-24-17-9-8-16(14-18(17)23-4-2)15-20-10-6-12-21-11-5-7-19(21)22/h3,8-9,14,20H,1,4-7,10-13,15H2,2H3. The number of hydrogen-bond acceptors (Lipinski definition) is 4. The zero-order valence-electron chi connectivity index (χ0n) is 14.6. The number of hydrogen-bond donors (Lipinski definition) is 1. The molecule has 0 atom stereocenters. The molecule has 0 spiro atoms. The first-order valence-electron chi connectivity index (χ1n) is 8.72. The SMILES string of the molecule is C=CCOc1ccc(CNCCCN2CCCC2=O)cc1OCC. The Kier molecular flexibility index (Phi) is 7.62. The van der Waals surface area contributed by atoms with E-state index in [2.05, 4.69) is 11.9 Å². The van der Waals surface area contributed by atoms with Gasteiger partial charge in [0.05, 0.1) is 6.61 Å². The average molecular weight is 332 g/mol. The minimum atomic E-state index is 0.298. The number of carbonyl (C=O) groups excluding carboxylic acids is 1. The molecule has 1 heterocycles. The molecule has 0 aliphatic carbocycles. The number of likely N-dealkylation sites (tertiary alicyclic amines) is 1. The van der Waals surface area contributed by atoms with Gasteiger partial charge in [-0.3, -0.25) is 4.79 Å². The summed E-state index contributed by atoms with van der Waals surface area (Å²) in [5.41, 5.74) is 1.15. The summed E-state index contributed by atoms with van der Waals surface area (Å²) in [7, 11) is 0. The summed E-state index contributed by atoms with van der Waals surface area (Å²) >= 11 is 0. The van der Waals surface area contributed by atoms with Crippen LogP contribution in [0.15, 0.2) is 30.9 Å². The summed E-state index contributed by atoms with van der Waals surface area (Å²) < 4.78 is 11.3. The highest BCUT2D eigenvalue weighted by Gasteiger charge is 2.18. The first kappa shape index (κ1) is 18.3. The van der Waals surface area contributed by atoms with E-state index in [4.69, 9.17) is 9.47 Å². The Morgan fingerprint density at radius 2 is 2.21 bits per heavy atom. The lowest BCUT2D eigenvalue weighted by molar-refractivity contribution is -0.127. The zero-order valence-corrected chi connectivity index (χ0v) is 14.6. The fourth-order valence-corrected chi connectivity index (χ4v) is 2.77. The van der Waals surface area contributed by atoms with E-state index in [1.54, 1.807) is 6.08 Å². The molecule has 0 unspecified atom stereocenters. The number of rotatable bonds is 11. The van der Waals surface area contributed by atoms with Gasteiger partial charge in [0.25, 0.3) is 0 Å². The van der Waals surface area contributed by atoms with Crippen molar-refractivity contribution in [1.29, 1.82) is 0 Å². The van der Waals surface area contributed by atoms with Crippen LogP contribution >= 0.6 is 0 Å². The van der Waals surface area contributed by atoms with E-state index in [0.29, 0.717) is 25.5 Å². The highest BCUT2D eigenvalue weighted by Crippen LogP contribution is 2.28. The van der Waals surface area contributed by atoms with Crippen molar-refractivity contribution in [1.82, 2.24) is 10.2 Å². The molecule has 24 heavy (non-hydrogen) atoms. The van der Waals surface area contributed by atoms with Gasteiger partial charge >= 0.3 is 0 Å². The summed E-state index contributed by atoms with van der Waals surface area (Å²) in [6.45, 7) is 10.1. The van der Waals surface area contributed by atoms with Crippen molar-refractivity contribution >= 4 is 5.91 Å². The molecule has 1 amide bonds. The number of carbonyl (C=O) groups is 1. The van der Waals surface area contributed by atoms with Gasteiger partial charge in [0.1, 0.15) is 6.61 Å². The van der Waals surface area contributed by atoms with Crippen LogP contribution in [0.5, 0.6) is 11.5 Å². The van der Waals surface area contributed by atoms with Gasteiger partial charge in [0.15, 0.2) is 11.5 Å². The van der Waals surface area contributed by atoms with Gasteiger partial charge < -0.3 is 19.7 Å². The fourth-order valence-electron chi connectivity index (χ4n) is 2.77. The summed E-state index contributed by atoms with van der Waals surface area (Å²) in [5.74, 6) is 1.81. The first-order chi connectivity index (χ1) is 11.7. The van der Waals surface area contributed by atoms with Crippen molar-refractivity contribution < 1.29 is 14.3 Å². The molecule has 0 saturated carbocycles. The smallest absolute Gasteiger partial charge is 0.222 e. The van der Waals surface area contributed by atoms with E-state index in [0.717, 1.165) is 56.1 Å². The molecule has 1 aliphatic rings. The molecule has 1 aliphatic heterocycles. The quantitative estimate of drug-likeness (QED) is 0.500. The Balaban J connectivity index is 1.76. The van der Waals surface area contributed by atoms with Gasteiger partial charge in [0, 0.05) is 26.1 Å². The van der Waals surface area contributed by atoms with Crippen LogP contribution in [0.4, 0.5) is 0 Å². The molecule has 1 aromatic carbocycles. The Hall–Kier alpha value is -2.01. The Labute approximate surface area is 144 Å². The van der Waals surface area contributed by atoms with Gasteiger partial charge in [-0.2, -0.15) is 0 Å². The van der Waals surface area contributed by atoms with Gasteiger partial charge in [-0.15, -0.1) is 0 Å². The van der Waals surface area contributed by atoms with E-state index in [1.165, 1.54) is 0 Å². The molecule has 132 valence electrons. The second kappa shape index (κ2) is 9.98. The van der Waals surface area contributed by atoms with E-state index in [1.807, 2.05) is 30.0 Å². The number of amides is 1. The van der Waals surface area contributed by atoms with Crippen molar-refractivity contribution in [3.8, 4) is 11.5 Å². The summed E-state index contributed by atoms with van der Waals surface area (Å²) in [6, 6.07) is 5.99. The predicted molar refractivity (Wildman–Crippen MR) is 95.4 cm³/mol. The zero-order chi connectivity index (χ0) is 17.2. The summed E-state index contributed by atoms with van der Waals surface area (Å²) in [6.07, 6.45) is 4.42. The lowest BCUT2D eigenvalue weighted by Crippen LogP contribution is -2.28. The van der Waals surface area contributed by atoms with Gasteiger partial charge in [0.2, 0.25) is 5.91 Å². The summed E-state index contributed by atoms with van der Waals surface area (Å²) in [4.78, 5) is 13.5. The molecule has 5 nitrogen and oxygen atoms in total. The molecule has 0 radical (unpaired) electrons. The van der Waals surface area contributed by atoms with Crippen LogP contribution in [0.2, 0.25) is 0 Å². The summed E-state index contributed by atoms with van der Waals surface area (Å²) in [5, 5.41) is 3.42. The number of ether oxygens (including phenoxy) is 2. The van der Waals surface area contributed by atoms with Crippen molar-refractivity contribution in [3.63, 3.8) is 0 Å². The molecule has 0 aromatic heterocycles. The van der Waals surface area contributed by atoms with Gasteiger partial charge in [-0.1, -0.05) is 18.7 Å². The van der Waals surface area contributed by atoms with E-state index in [9.17, 15) is 4.79 Å². The molecule has 1 fully saturated rings. The van der Waals surface area contributed by atoms with Gasteiger partial charge in [-0.25, -0.2) is 0 Å². The molecular weight excluding hydrogens is 304 g/mol. The maximum atomic E-state index is 11.5. The normalized spacial score (nSPS) is 14.0. The van der Waals surface area contributed by atoms with E-state index >= 15 is 0 Å². The van der Waals surface area contributed by atoms with Crippen molar-refractivity contribution in [2.45, 2.75) is 32.7 Å². The van der Waals surface area contributed by atoms with E-state index < -0.39 is 0 Å². The molecule has 1 aromatic rings. The fraction of sp³-hybridized carbons (Fsp3) is 0.526. The number of benzene rings is 1. The third kappa shape index (κ3) is 5.57. The average Bonchev–Trinajstić information content (AvgIpc) is 2.99. The third-order valence-corrected chi connectivity index (χ3v) is 3.95. The first-order valence-corrected chi connectivity index (χ1v) is 8.72. The Bertz CT molecular complexity index is 545. The molecule has 0 bridgehead atoms. The Morgan fingerprint density at radius 3 is 2.92 bits per heavy atom. The minimum absolute atomic E-state index is 0.298. The highest BCUT2D eigenvalue weighted by molar-refractivity contribution is 5.77. The molecule has 2 rings (SSSR count). The molecule has 1 N–H and O–H groups in total. The van der Waals surface area contributed by atoms with Crippen LogP contribution in [-0.4, -0.2) is 43.7 Å². The molecule has 1 saturated heterocycles. The van der Waals surface area contributed by atoms with Crippen LogP contribution in [0.1, 0.15) is 31.7 Å². The van der Waals surface area contributed by atoms with Gasteiger partial charge in [-0.05, 0) is 44.0 Å². The van der Waals surface area contributed by atoms with Crippen LogP contribution in [0.25, 0.3) is 0 Å². The van der Waals surface area contributed by atoms with Crippen molar-refractivity contribution in [3.05, 3.63) is 36.4 Å². The van der Waals surface area contributed by atoms with Crippen LogP contribution in [0, 0.1) is 0 Å². The van der Waals surface area contributed by atoms with Crippen molar-refractivity contribution in [2.24, 2.45) is 0 Å². The van der Waals surface area contributed by atoms with Crippen LogP contribution in [0.3, 0.4) is 0 Å². The number of nitrogens with one attached hydrogen (secondary N) is 1. The van der Waals surface area contributed by atoms with Crippen LogP contribution in [-0.2, 0) is 11.3 Å². The monoisotopic (exact) mass is 332 g/mol. The molecular formula is C19H28N2O3. The lowest BCUT2D eigenvalue weighted by atomic mass is 10.2. The maximum Gasteiger partial charge on any atom is 0.222 e. The minimum Gasteiger partial charge on any atom is -0.490 e. The predicted octanol–water partition coefficient (Wildman–Crippen LogP) is 2.75. The van der Waals surface area contributed by atoms with Crippen molar-refractivity contribution in [2.75, 3.05) is 32.8 Å². The van der Waals surface area contributed by atoms with Crippen LogP contribution < -0.4 is 14.8 Å². The lowest BCUT2D eigenvalue weighted by Gasteiger charge is -2.15. The maximum absolute atomic E-state index is 11.5. The second-order valence-electron chi connectivity index (χ2n) is 5.83.